The lowest BCUT2D eigenvalue weighted by atomic mass is 9.79. The van der Waals surface area contributed by atoms with Gasteiger partial charge in [-0.05, 0) is 29.5 Å². The number of nitrogens with zero attached hydrogens (tertiary/aromatic N) is 2. The van der Waals surface area contributed by atoms with Crippen molar-refractivity contribution < 1.29 is 18.9 Å². The number of aliphatic imine (C=N–C) groups is 1. The largest absolute Gasteiger partial charge is 0.459 e. The van der Waals surface area contributed by atoms with Crippen molar-refractivity contribution in [3.8, 4) is 0 Å². The first-order chi connectivity index (χ1) is 18.8. The molecule has 0 bridgehead atoms. The fraction of sp³-hybridized carbons (Fsp3) is 0.406. The minimum Gasteiger partial charge on any atom is -0.459 e. The fourth-order valence-electron chi connectivity index (χ4n) is 5.50. The topological polar surface area (TPSA) is 52.5 Å². The van der Waals surface area contributed by atoms with E-state index in [0.29, 0.717) is 26.4 Å². The van der Waals surface area contributed by atoms with Crippen molar-refractivity contribution in [2.75, 3.05) is 19.7 Å². The average molecular weight is 513 g/mol. The number of likely N-dealkylation sites (tertiary alicyclic amines) is 1. The number of ether oxygens (including phenoxy) is 4. The van der Waals surface area contributed by atoms with Crippen molar-refractivity contribution in [3.63, 3.8) is 0 Å². The lowest BCUT2D eigenvalue weighted by molar-refractivity contribution is -0.162. The van der Waals surface area contributed by atoms with Crippen LogP contribution in [0.1, 0.15) is 29.5 Å². The molecule has 0 spiro atoms. The summed E-state index contributed by atoms with van der Waals surface area (Å²) in [7, 11) is 0. The van der Waals surface area contributed by atoms with Crippen LogP contribution in [0.2, 0.25) is 0 Å². The Kier molecular flexibility index (Phi) is 8.01. The zero-order chi connectivity index (χ0) is 25.6. The van der Waals surface area contributed by atoms with Gasteiger partial charge in [-0.2, -0.15) is 0 Å². The van der Waals surface area contributed by atoms with E-state index in [-0.39, 0.29) is 30.3 Å². The van der Waals surface area contributed by atoms with Crippen molar-refractivity contribution in [3.05, 3.63) is 108 Å². The SMILES string of the molecule is c1ccc(COC[C@H]2C[C@@H]3OC(N4CCC4)=N[C@@H]3[C@@H](OCc3ccccc3)[C@@H]2OCc2ccccc2)cc1. The molecule has 6 nitrogen and oxygen atoms in total. The fourth-order valence-corrected chi connectivity index (χ4v) is 5.50. The van der Waals surface area contributed by atoms with Crippen LogP contribution in [-0.4, -0.2) is 55.0 Å². The van der Waals surface area contributed by atoms with E-state index >= 15 is 0 Å². The van der Waals surface area contributed by atoms with Gasteiger partial charge in [-0.25, -0.2) is 4.99 Å². The molecule has 0 aromatic heterocycles. The molecule has 3 aliphatic rings. The number of amidine groups is 1. The molecule has 6 heteroatoms. The molecule has 3 aromatic carbocycles. The molecule has 198 valence electrons. The summed E-state index contributed by atoms with van der Waals surface area (Å²) in [6.45, 7) is 4.18. The van der Waals surface area contributed by atoms with Gasteiger partial charge in [0, 0.05) is 19.0 Å². The summed E-state index contributed by atoms with van der Waals surface area (Å²) in [5.41, 5.74) is 3.45. The quantitative estimate of drug-likeness (QED) is 0.373. The average Bonchev–Trinajstić information content (AvgIpc) is 3.34. The monoisotopic (exact) mass is 512 g/mol. The highest BCUT2D eigenvalue weighted by molar-refractivity contribution is 5.76. The van der Waals surface area contributed by atoms with Gasteiger partial charge in [0.05, 0.1) is 32.5 Å². The third-order valence-corrected chi connectivity index (χ3v) is 7.70. The lowest BCUT2D eigenvalue weighted by Crippen LogP contribution is -2.55. The van der Waals surface area contributed by atoms with Crippen molar-refractivity contribution in [1.82, 2.24) is 4.90 Å². The first kappa shape index (κ1) is 25.1. The van der Waals surface area contributed by atoms with E-state index in [1.807, 2.05) is 54.6 Å². The van der Waals surface area contributed by atoms with Gasteiger partial charge in [0.1, 0.15) is 18.2 Å². The summed E-state index contributed by atoms with van der Waals surface area (Å²) in [5, 5.41) is 0. The van der Waals surface area contributed by atoms with Crippen LogP contribution in [0.4, 0.5) is 0 Å². The predicted molar refractivity (Wildman–Crippen MR) is 147 cm³/mol. The zero-order valence-electron chi connectivity index (χ0n) is 21.7. The molecule has 0 unspecified atom stereocenters. The van der Waals surface area contributed by atoms with Gasteiger partial charge >= 0.3 is 0 Å². The molecular formula is C32H36N2O4. The van der Waals surface area contributed by atoms with Crippen molar-refractivity contribution >= 4 is 6.02 Å². The number of fused-ring (bicyclic) bond motifs is 1. The van der Waals surface area contributed by atoms with Gasteiger partial charge in [-0.1, -0.05) is 91.0 Å². The molecule has 1 saturated carbocycles. The normalized spacial score (nSPS) is 26.3. The van der Waals surface area contributed by atoms with Crippen LogP contribution in [0.3, 0.4) is 0 Å². The molecular weight excluding hydrogens is 476 g/mol. The molecule has 6 rings (SSSR count). The highest BCUT2D eigenvalue weighted by Gasteiger charge is 2.51. The number of hydrogen-bond donors (Lipinski definition) is 0. The van der Waals surface area contributed by atoms with Crippen LogP contribution in [-0.2, 0) is 38.8 Å². The van der Waals surface area contributed by atoms with Crippen molar-refractivity contribution in [1.29, 1.82) is 0 Å². The predicted octanol–water partition coefficient (Wildman–Crippen LogP) is 5.22. The summed E-state index contributed by atoms with van der Waals surface area (Å²) in [6.07, 6.45) is 1.57. The molecule has 2 aliphatic heterocycles. The Labute approximate surface area is 225 Å². The summed E-state index contributed by atoms with van der Waals surface area (Å²) < 4.78 is 26.1. The summed E-state index contributed by atoms with van der Waals surface area (Å²) in [5.74, 6) is 0.121. The molecule has 0 amide bonds. The Morgan fingerprint density at radius 1 is 0.711 bits per heavy atom. The molecule has 5 atom stereocenters. The van der Waals surface area contributed by atoms with Crippen LogP contribution in [0.5, 0.6) is 0 Å². The Balaban J connectivity index is 1.23. The standard InChI is InChI=1S/C32H36N2O4/c1-4-11-24(12-5-1)20-35-23-27-19-28-29(33-32(38-28)34-17-10-18-34)31(37-22-26-15-8-3-9-16-26)30(27)36-21-25-13-6-2-7-14-25/h1-9,11-16,27-31H,10,17-23H2/t27-,28+,29+,30-,31-/m1/s1. The molecule has 38 heavy (non-hydrogen) atoms. The molecule has 0 N–H and O–H groups in total. The highest BCUT2D eigenvalue weighted by atomic mass is 16.6. The molecule has 2 heterocycles. The Hall–Kier alpha value is -3.19. The molecule has 0 radical (unpaired) electrons. The maximum atomic E-state index is 6.69. The van der Waals surface area contributed by atoms with Crippen molar-refractivity contribution in [2.24, 2.45) is 10.9 Å². The third-order valence-electron chi connectivity index (χ3n) is 7.70. The van der Waals surface area contributed by atoms with Crippen LogP contribution in [0, 0.1) is 5.92 Å². The first-order valence-electron chi connectivity index (χ1n) is 13.8. The summed E-state index contributed by atoms with van der Waals surface area (Å²) in [4.78, 5) is 7.30. The second-order valence-electron chi connectivity index (χ2n) is 10.4. The number of hydrogen-bond acceptors (Lipinski definition) is 6. The van der Waals surface area contributed by atoms with Gasteiger partial charge in [-0.15, -0.1) is 0 Å². The maximum absolute atomic E-state index is 6.69. The Bertz CT molecular complexity index is 1170. The van der Waals surface area contributed by atoms with Crippen molar-refractivity contribution in [2.45, 2.75) is 57.0 Å². The lowest BCUT2D eigenvalue weighted by Gasteiger charge is -2.42. The summed E-state index contributed by atoms with van der Waals surface area (Å²) in [6, 6.07) is 31.6. The maximum Gasteiger partial charge on any atom is 0.288 e. The molecule has 2 fully saturated rings. The van der Waals surface area contributed by atoms with Gasteiger partial charge in [0.15, 0.2) is 0 Å². The van der Waals surface area contributed by atoms with E-state index in [1.165, 1.54) is 12.0 Å². The smallest absolute Gasteiger partial charge is 0.288 e. The van der Waals surface area contributed by atoms with E-state index < -0.39 is 0 Å². The van der Waals surface area contributed by atoms with Crippen LogP contribution >= 0.6 is 0 Å². The van der Waals surface area contributed by atoms with Crippen LogP contribution in [0.25, 0.3) is 0 Å². The van der Waals surface area contributed by atoms with E-state index in [4.69, 9.17) is 23.9 Å². The minimum absolute atomic E-state index is 0.0340. The summed E-state index contributed by atoms with van der Waals surface area (Å²) >= 11 is 0. The highest BCUT2D eigenvalue weighted by Crippen LogP contribution is 2.38. The van der Waals surface area contributed by atoms with Gasteiger partial charge in [0.25, 0.3) is 6.02 Å². The molecule has 1 aliphatic carbocycles. The van der Waals surface area contributed by atoms with Crippen LogP contribution in [0.15, 0.2) is 96.0 Å². The Morgan fingerprint density at radius 3 is 1.82 bits per heavy atom. The minimum atomic E-state index is -0.234. The first-order valence-corrected chi connectivity index (χ1v) is 13.8. The van der Waals surface area contributed by atoms with E-state index in [9.17, 15) is 0 Å². The number of rotatable bonds is 10. The Morgan fingerprint density at radius 2 is 1.26 bits per heavy atom. The van der Waals surface area contributed by atoms with E-state index in [0.717, 1.165) is 36.7 Å². The molecule has 3 aromatic rings. The third kappa shape index (κ3) is 5.93. The second-order valence-corrected chi connectivity index (χ2v) is 10.4. The van der Waals surface area contributed by atoms with Crippen LogP contribution < -0.4 is 0 Å². The van der Waals surface area contributed by atoms with Gasteiger partial charge < -0.3 is 23.8 Å². The van der Waals surface area contributed by atoms with E-state index in [1.54, 1.807) is 0 Å². The van der Waals surface area contributed by atoms with Gasteiger partial charge in [-0.3, -0.25) is 0 Å². The molecule has 1 saturated heterocycles. The van der Waals surface area contributed by atoms with Gasteiger partial charge in [0.2, 0.25) is 0 Å². The van der Waals surface area contributed by atoms with E-state index in [2.05, 4.69) is 41.3 Å². The zero-order valence-corrected chi connectivity index (χ0v) is 21.7. The number of benzene rings is 3. The second kappa shape index (κ2) is 12.1.